The van der Waals surface area contributed by atoms with Crippen LogP contribution in [-0.2, 0) is 19.1 Å². The van der Waals surface area contributed by atoms with E-state index in [-0.39, 0.29) is 31.5 Å². The maximum Gasteiger partial charge on any atom is 0.407 e. The molecule has 0 aromatic heterocycles. The second-order valence-corrected chi connectivity index (χ2v) is 10.2. The van der Waals surface area contributed by atoms with Crippen LogP contribution in [0.3, 0.4) is 0 Å². The van der Waals surface area contributed by atoms with E-state index in [9.17, 15) is 14.4 Å². The number of carboxylic acid groups (broad SMARTS) is 1. The molecule has 0 bridgehead atoms. The smallest absolute Gasteiger partial charge is 0.407 e. The van der Waals surface area contributed by atoms with Crippen molar-refractivity contribution in [2.45, 2.75) is 51.4 Å². The number of nitrogens with zero attached hydrogens (tertiary/aromatic N) is 1. The lowest BCUT2D eigenvalue weighted by Crippen LogP contribution is -2.62. The molecule has 0 saturated carbocycles. The molecule has 0 spiro atoms. The van der Waals surface area contributed by atoms with Crippen LogP contribution < -0.4 is 5.32 Å². The van der Waals surface area contributed by atoms with E-state index in [1.807, 2.05) is 57.2 Å². The van der Waals surface area contributed by atoms with E-state index in [2.05, 4.69) is 17.4 Å². The van der Waals surface area contributed by atoms with E-state index in [0.29, 0.717) is 0 Å². The zero-order chi connectivity index (χ0) is 25.3. The van der Waals surface area contributed by atoms with Crippen LogP contribution in [0.1, 0.15) is 44.7 Å². The summed E-state index contributed by atoms with van der Waals surface area (Å²) in [5.74, 6) is -2.01. The second-order valence-electron chi connectivity index (χ2n) is 10.2. The van der Waals surface area contributed by atoms with Gasteiger partial charge in [-0.3, -0.25) is 9.59 Å². The normalized spacial score (nSPS) is 17.1. The molecule has 1 aliphatic carbocycles. The number of carbonyl (C=O) groups is 3. The van der Waals surface area contributed by atoms with Crippen molar-refractivity contribution in [3.05, 3.63) is 59.7 Å². The Kier molecular flexibility index (Phi) is 6.85. The molecule has 0 radical (unpaired) electrons. The number of fused-ring (bicyclic) bond motifs is 3. The number of hydrogen-bond acceptors (Lipinski definition) is 5. The van der Waals surface area contributed by atoms with Crippen LogP contribution in [0.2, 0.25) is 0 Å². The monoisotopic (exact) mass is 480 g/mol. The minimum atomic E-state index is -1.00. The van der Waals surface area contributed by atoms with Gasteiger partial charge in [-0.05, 0) is 49.9 Å². The van der Waals surface area contributed by atoms with E-state index in [0.717, 1.165) is 22.3 Å². The Morgan fingerprint density at radius 1 is 1.03 bits per heavy atom. The van der Waals surface area contributed by atoms with Gasteiger partial charge in [0.15, 0.2) is 0 Å². The highest BCUT2D eigenvalue weighted by Crippen LogP contribution is 2.44. The van der Waals surface area contributed by atoms with Crippen molar-refractivity contribution in [3.63, 3.8) is 0 Å². The van der Waals surface area contributed by atoms with Gasteiger partial charge in [-0.25, -0.2) is 4.79 Å². The highest BCUT2D eigenvalue weighted by Gasteiger charge is 2.41. The number of alkyl carbamates (subject to hydrolysis) is 1. The lowest BCUT2D eigenvalue weighted by atomic mass is 9.98. The Labute approximate surface area is 205 Å². The second kappa shape index (κ2) is 9.70. The number of ether oxygens (including phenoxy) is 2. The summed E-state index contributed by atoms with van der Waals surface area (Å²) in [5, 5.41) is 11.8. The number of likely N-dealkylation sites (tertiary alicyclic amines) is 1. The van der Waals surface area contributed by atoms with Crippen molar-refractivity contribution in [2.24, 2.45) is 5.92 Å². The highest BCUT2D eigenvalue weighted by atomic mass is 16.6. The van der Waals surface area contributed by atoms with Crippen LogP contribution in [-0.4, -0.2) is 65.4 Å². The molecule has 2 aliphatic rings. The van der Waals surface area contributed by atoms with Crippen LogP contribution in [0.5, 0.6) is 0 Å². The van der Waals surface area contributed by atoms with Gasteiger partial charge < -0.3 is 24.8 Å². The predicted molar refractivity (Wildman–Crippen MR) is 130 cm³/mol. The van der Waals surface area contributed by atoms with Crippen molar-refractivity contribution >= 4 is 18.0 Å². The fraction of sp³-hybridized carbons (Fsp3) is 0.444. The van der Waals surface area contributed by atoms with Crippen molar-refractivity contribution in [3.8, 4) is 11.1 Å². The molecule has 2 atom stereocenters. The number of hydrogen-bond donors (Lipinski definition) is 2. The summed E-state index contributed by atoms with van der Waals surface area (Å²) >= 11 is 0. The van der Waals surface area contributed by atoms with Crippen molar-refractivity contribution < 1.29 is 29.0 Å². The van der Waals surface area contributed by atoms with Gasteiger partial charge in [0.25, 0.3) is 0 Å². The number of nitrogens with one attached hydrogen (secondary N) is 1. The fourth-order valence-corrected chi connectivity index (χ4v) is 4.78. The summed E-state index contributed by atoms with van der Waals surface area (Å²) in [6, 6.07) is 15.1. The summed E-state index contributed by atoms with van der Waals surface area (Å²) in [6.07, 6.45) is -1.36. The van der Waals surface area contributed by atoms with E-state index in [1.54, 1.807) is 6.92 Å². The van der Waals surface area contributed by atoms with E-state index in [1.165, 1.54) is 4.90 Å². The van der Waals surface area contributed by atoms with Gasteiger partial charge in [0.1, 0.15) is 12.6 Å². The number of rotatable bonds is 7. The maximum absolute atomic E-state index is 13.1. The Hall–Kier alpha value is -3.39. The minimum Gasteiger partial charge on any atom is -0.481 e. The lowest BCUT2D eigenvalue weighted by molar-refractivity contribution is -0.156. The molecule has 8 heteroatoms. The first kappa shape index (κ1) is 24.7. The first-order valence-electron chi connectivity index (χ1n) is 11.9. The van der Waals surface area contributed by atoms with Crippen molar-refractivity contribution in [1.82, 2.24) is 10.2 Å². The van der Waals surface area contributed by atoms with Crippen LogP contribution in [0, 0.1) is 5.92 Å². The molecule has 1 heterocycles. The fourth-order valence-electron chi connectivity index (χ4n) is 4.78. The van der Waals surface area contributed by atoms with Gasteiger partial charge in [-0.2, -0.15) is 0 Å². The summed E-state index contributed by atoms with van der Waals surface area (Å²) < 4.78 is 11.6. The number of amides is 2. The summed E-state index contributed by atoms with van der Waals surface area (Å²) in [6.45, 7) is 7.65. The average molecular weight is 481 g/mol. The summed E-state index contributed by atoms with van der Waals surface area (Å²) in [4.78, 5) is 38.6. The Balaban J connectivity index is 1.44. The molecule has 1 saturated heterocycles. The standard InChI is InChI=1S/C27H32N2O6/c1-16(35-27(2,3)4)23(24(30)29-13-17(14-29)25(31)32)28-26(33)34-15-22-20-11-7-5-9-18(20)19-10-6-8-12-21(19)22/h5-12,16-17,22-23H,13-15H2,1-4H3,(H,28,33)(H,31,32)/t16-,23+/m1/s1. The third kappa shape index (κ3) is 5.32. The van der Waals surface area contributed by atoms with Crippen molar-refractivity contribution in [1.29, 1.82) is 0 Å². The first-order chi connectivity index (χ1) is 16.5. The Bertz CT molecular complexity index is 1070. The van der Waals surface area contributed by atoms with Gasteiger partial charge in [0.05, 0.1) is 17.6 Å². The van der Waals surface area contributed by atoms with Crippen LogP contribution in [0.25, 0.3) is 11.1 Å². The van der Waals surface area contributed by atoms with Crippen LogP contribution >= 0.6 is 0 Å². The maximum atomic E-state index is 13.1. The third-order valence-electron chi connectivity index (χ3n) is 6.43. The van der Waals surface area contributed by atoms with Gasteiger partial charge in [-0.1, -0.05) is 48.5 Å². The first-order valence-corrected chi connectivity index (χ1v) is 11.9. The van der Waals surface area contributed by atoms with Gasteiger partial charge in [0.2, 0.25) is 5.91 Å². The molecule has 2 aromatic rings. The number of benzene rings is 2. The zero-order valence-electron chi connectivity index (χ0n) is 20.5. The third-order valence-corrected chi connectivity index (χ3v) is 6.43. The van der Waals surface area contributed by atoms with Crippen LogP contribution in [0.15, 0.2) is 48.5 Å². The minimum absolute atomic E-state index is 0.0998. The number of carbonyl (C=O) groups excluding carboxylic acids is 2. The molecule has 2 aromatic carbocycles. The molecule has 8 nitrogen and oxygen atoms in total. The zero-order valence-corrected chi connectivity index (χ0v) is 20.5. The van der Waals surface area contributed by atoms with Gasteiger partial charge in [-0.15, -0.1) is 0 Å². The molecule has 35 heavy (non-hydrogen) atoms. The van der Waals surface area contributed by atoms with E-state index >= 15 is 0 Å². The van der Waals surface area contributed by atoms with Gasteiger partial charge >= 0.3 is 12.1 Å². The Morgan fingerprint density at radius 3 is 2.09 bits per heavy atom. The molecule has 1 fully saturated rings. The number of carboxylic acids is 1. The number of aliphatic carboxylic acids is 1. The van der Waals surface area contributed by atoms with E-state index < -0.39 is 35.7 Å². The molecular weight excluding hydrogens is 448 g/mol. The molecule has 186 valence electrons. The quantitative estimate of drug-likeness (QED) is 0.627. The van der Waals surface area contributed by atoms with Crippen molar-refractivity contribution in [2.75, 3.05) is 19.7 Å². The largest absolute Gasteiger partial charge is 0.481 e. The van der Waals surface area contributed by atoms with E-state index in [4.69, 9.17) is 14.6 Å². The van der Waals surface area contributed by atoms with Gasteiger partial charge in [0, 0.05) is 19.0 Å². The molecular formula is C27H32N2O6. The average Bonchev–Trinajstić information content (AvgIpc) is 3.07. The molecule has 4 rings (SSSR count). The molecule has 1 aliphatic heterocycles. The molecule has 0 unspecified atom stereocenters. The van der Waals surface area contributed by atoms with Crippen LogP contribution in [0.4, 0.5) is 4.79 Å². The SMILES string of the molecule is C[C@@H](OC(C)(C)C)[C@H](NC(=O)OCC1c2ccccc2-c2ccccc21)C(=O)N1CC(C(=O)O)C1. The topological polar surface area (TPSA) is 105 Å². The lowest BCUT2D eigenvalue weighted by Gasteiger charge is -2.40. The summed E-state index contributed by atoms with van der Waals surface area (Å²) in [7, 11) is 0. The highest BCUT2D eigenvalue weighted by molar-refractivity contribution is 5.88. The Morgan fingerprint density at radius 2 is 1.57 bits per heavy atom. The predicted octanol–water partition coefficient (Wildman–Crippen LogP) is 3.64. The molecule has 2 N–H and O–H groups in total. The summed E-state index contributed by atoms with van der Waals surface area (Å²) in [5.41, 5.74) is 3.91. The molecule has 2 amide bonds.